The third-order valence-electron chi connectivity index (χ3n) is 1.76. The van der Waals surface area contributed by atoms with Gasteiger partial charge in [0.05, 0.1) is 26.4 Å². The van der Waals surface area contributed by atoms with Crippen LogP contribution < -0.4 is 0 Å². The molecule has 0 unspecified atom stereocenters. The Morgan fingerprint density at radius 3 is 1.36 bits per heavy atom. The predicted molar refractivity (Wildman–Crippen MR) is 60.5 cm³/mol. The average Bonchev–Trinajstić information content (AvgIpc) is 2.03. The number of hydrogen-bond donors (Lipinski definition) is 0. The van der Waals surface area contributed by atoms with E-state index in [1.54, 1.807) is 0 Å². The van der Waals surface area contributed by atoms with Gasteiger partial charge in [0.2, 0.25) is 0 Å². The molecule has 1 aliphatic rings. The molecule has 2 nitrogen and oxygen atoms in total. The second kappa shape index (κ2) is 7.24. The smallest absolute Gasteiger partial charge is 0.0701 e. The van der Waals surface area contributed by atoms with E-state index in [1.165, 1.54) is 6.42 Å². The number of hydrogen-bond acceptors (Lipinski definition) is 2. The van der Waals surface area contributed by atoms with E-state index in [4.69, 9.17) is 9.47 Å². The van der Waals surface area contributed by atoms with Crippen molar-refractivity contribution < 1.29 is 9.47 Å². The third-order valence-corrected chi connectivity index (χ3v) is 1.76. The molecule has 0 saturated carbocycles. The highest BCUT2D eigenvalue weighted by Crippen LogP contribution is 2.23. The van der Waals surface area contributed by atoms with Gasteiger partial charge in [-0.1, -0.05) is 34.6 Å². The fraction of sp³-hybridized carbons (Fsp3) is 1.00. The van der Waals surface area contributed by atoms with Gasteiger partial charge in [-0.15, -0.1) is 0 Å². The Balaban J connectivity index is 0.000000249. The van der Waals surface area contributed by atoms with Crippen molar-refractivity contribution in [2.75, 3.05) is 26.4 Å². The van der Waals surface area contributed by atoms with Gasteiger partial charge in [-0.05, 0) is 17.8 Å². The van der Waals surface area contributed by atoms with Crippen LogP contribution in [0.1, 0.15) is 41.0 Å². The van der Waals surface area contributed by atoms with Crippen molar-refractivity contribution >= 4 is 0 Å². The van der Waals surface area contributed by atoms with Crippen LogP contribution in [0.25, 0.3) is 0 Å². The van der Waals surface area contributed by atoms with Gasteiger partial charge < -0.3 is 9.47 Å². The molecule has 0 N–H and O–H groups in total. The van der Waals surface area contributed by atoms with Gasteiger partial charge in [-0.25, -0.2) is 0 Å². The summed E-state index contributed by atoms with van der Waals surface area (Å²) in [5.41, 5.74) is 0.522. The largest absolute Gasteiger partial charge is 0.377 e. The molecule has 0 amide bonds. The zero-order valence-electron chi connectivity index (χ0n) is 10.4. The lowest BCUT2D eigenvalue weighted by molar-refractivity contribution is -0.0334. The molecule has 86 valence electrons. The highest BCUT2D eigenvalue weighted by atomic mass is 16.6. The minimum absolute atomic E-state index is 0.522. The number of rotatable bonds is 1. The second-order valence-corrected chi connectivity index (χ2v) is 5.38. The topological polar surface area (TPSA) is 18.5 Å². The normalized spacial score (nSPS) is 17.6. The summed E-state index contributed by atoms with van der Waals surface area (Å²) in [6.07, 6.45) is 1.33. The maximum Gasteiger partial charge on any atom is 0.0701 e. The van der Waals surface area contributed by atoms with Crippen molar-refractivity contribution in [1.82, 2.24) is 0 Å². The Bertz CT molecular complexity index is 109. The van der Waals surface area contributed by atoms with Crippen molar-refractivity contribution in [3.63, 3.8) is 0 Å². The molecule has 1 saturated heterocycles. The van der Waals surface area contributed by atoms with E-state index >= 15 is 0 Å². The van der Waals surface area contributed by atoms with E-state index in [1.807, 2.05) is 0 Å². The Morgan fingerprint density at radius 1 is 0.929 bits per heavy atom. The molecule has 0 aliphatic carbocycles. The molecule has 0 aromatic carbocycles. The second-order valence-electron chi connectivity index (χ2n) is 5.38. The highest BCUT2D eigenvalue weighted by molar-refractivity contribution is 4.62. The van der Waals surface area contributed by atoms with E-state index in [-0.39, 0.29) is 0 Å². The van der Waals surface area contributed by atoms with E-state index < -0.39 is 0 Å². The molecule has 0 spiro atoms. The highest BCUT2D eigenvalue weighted by Gasteiger charge is 2.11. The first-order valence-electron chi connectivity index (χ1n) is 5.57. The van der Waals surface area contributed by atoms with Crippen LogP contribution in [0.5, 0.6) is 0 Å². The quantitative estimate of drug-likeness (QED) is 0.650. The number of ether oxygens (including phenoxy) is 2. The molecule has 0 radical (unpaired) electrons. The molecule has 0 aromatic rings. The van der Waals surface area contributed by atoms with Crippen LogP contribution in [-0.4, -0.2) is 26.4 Å². The SMILES string of the molecule is C1COCCO1.CC(C)CC(C)(C)C. The van der Waals surface area contributed by atoms with Gasteiger partial charge >= 0.3 is 0 Å². The Hall–Kier alpha value is -0.0800. The summed E-state index contributed by atoms with van der Waals surface area (Å²) in [5.74, 6) is 0.843. The van der Waals surface area contributed by atoms with Crippen LogP contribution in [0.15, 0.2) is 0 Å². The van der Waals surface area contributed by atoms with E-state index in [0.29, 0.717) is 5.41 Å². The average molecular weight is 202 g/mol. The van der Waals surface area contributed by atoms with Crippen LogP contribution in [0.3, 0.4) is 0 Å². The summed E-state index contributed by atoms with van der Waals surface area (Å²) in [6, 6.07) is 0. The monoisotopic (exact) mass is 202 g/mol. The first-order chi connectivity index (χ1) is 6.42. The molecule has 1 aliphatic heterocycles. The standard InChI is InChI=1S/C8H18.C4H8O2/c1-7(2)6-8(3,4)5;1-2-6-4-3-5-1/h7H,6H2,1-5H3;1-4H2. The molecule has 2 heteroatoms. The van der Waals surface area contributed by atoms with Gasteiger partial charge in [0.15, 0.2) is 0 Å². The minimum atomic E-state index is 0.522. The van der Waals surface area contributed by atoms with Crippen LogP contribution in [0.2, 0.25) is 0 Å². The van der Waals surface area contributed by atoms with Crippen molar-refractivity contribution in [2.45, 2.75) is 41.0 Å². The first kappa shape index (κ1) is 13.9. The first-order valence-corrected chi connectivity index (χ1v) is 5.57. The van der Waals surface area contributed by atoms with Crippen molar-refractivity contribution in [1.29, 1.82) is 0 Å². The molecule has 0 bridgehead atoms. The van der Waals surface area contributed by atoms with Gasteiger partial charge in [0.1, 0.15) is 0 Å². The molecular formula is C12H26O2. The Labute approximate surface area is 89.0 Å². The maximum absolute atomic E-state index is 4.94. The van der Waals surface area contributed by atoms with Gasteiger partial charge in [0.25, 0.3) is 0 Å². The molecule has 1 heterocycles. The molecule has 0 aromatic heterocycles. The fourth-order valence-corrected chi connectivity index (χ4v) is 1.66. The molecule has 1 rings (SSSR count). The van der Waals surface area contributed by atoms with E-state index in [0.717, 1.165) is 32.3 Å². The molecule has 1 fully saturated rings. The Kier molecular flexibility index (Phi) is 7.20. The minimum Gasteiger partial charge on any atom is -0.377 e. The van der Waals surface area contributed by atoms with E-state index in [9.17, 15) is 0 Å². The molecule has 14 heavy (non-hydrogen) atoms. The van der Waals surface area contributed by atoms with Gasteiger partial charge in [-0.3, -0.25) is 0 Å². The summed E-state index contributed by atoms with van der Waals surface area (Å²) in [4.78, 5) is 0. The van der Waals surface area contributed by atoms with Crippen LogP contribution >= 0.6 is 0 Å². The lowest BCUT2D eigenvalue weighted by Gasteiger charge is -2.19. The summed E-state index contributed by atoms with van der Waals surface area (Å²) < 4.78 is 9.89. The zero-order valence-corrected chi connectivity index (χ0v) is 10.4. The van der Waals surface area contributed by atoms with Crippen LogP contribution in [0, 0.1) is 11.3 Å². The lowest BCUT2D eigenvalue weighted by Crippen LogP contribution is -2.16. The van der Waals surface area contributed by atoms with Crippen molar-refractivity contribution in [3.05, 3.63) is 0 Å². The lowest BCUT2D eigenvalue weighted by atomic mass is 9.86. The Morgan fingerprint density at radius 2 is 1.29 bits per heavy atom. The third kappa shape index (κ3) is 11.9. The summed E-state index contributed by atoms with van der Waals surface area (Å²) in [5, 5.41) is 0. The molecule has 0 atom stereocenters. The zero-order chi connectivity index (χ0) is 11.0. The van der Waals surface area contributed by atoms with Gasteiger partial charge in [-0.2, -0.15) is 0 Å². The van der Waals surface area contributed by atoms with Gasteiger partial charge in [0, 0.05) is 0 Å². The summed E-state index contributed by atoms with van der Waals surface area (Å²) >= 11 is 0. The summed E-state index contributed by atoms with van der Waals surface area (Å²) in [6.45, 7) is 14.5. The van der Waals surface area contributed by atoms with Crippen molar-refractivity contribution in [2.24, 2.45) is 11.3 Å². The van der Waals surface area contributed by atoms with E-state index in [2.05, 4.69) is 34.6 Å². The predicted octanol–water partition coefficient (Wildman–Crippen LogP) is 3.11. The molecular weight excluding hydrogens is 176 g/mol. The van der Waals surface area contributed by atoms with Crippen molar-refractivity contribution in [3.8, 4) is 0 Å². The van der Waals surface area contributed by atoms with Crippen LogP contribution in [-0.2, 0) is 9.47 Å². The fourth-order valence-electron chi connectivity index (χ4n) is 1.66. The van der Waals surface area contributed by atoms with Crippen LogP contribution in [0.4, 0.5) is 0 Å². The summed E-state index contributed by atoms with van der Waals surface area (Å²) in [7, 11) is 0. The maximum atomic E-state index is 4.94.